The summed E-state index contributed by atoms with van der Waals surface area (Å²) in [7, 11) is 1.18. The molecule has 0 rings (SSSR count). The van der Waals surface area contributed by atoms with Gasteiger partial charge in [-0.15, -0.1) is 0 Å². The minimum atomic E-state index is -4.63. The minimum Gasteiger partial charge on any atom is -0.756 e. The van der Waals surface area contributed by atoms with E-state index in [1.54, 1.807) is 0 Å². The summed E-state index contributed by atoms with van der Waals surface area (Å²) in [5, 5.41) is 0. The van der Waals surface area contributed by atoms with Gasteiger partial charge in [-0.2, -0.15) is 0 Å². The van der Waals surface area contributed by atoms with Crippen LogP contribution in [0.4, 0.5) is 0 Å². The quantitative estimate of drug-likeness (QED) is 0.0195. The number of likely N-dealkylation sites (N-methyl/N-ethyl adjacent to an activating group) is 1. The lowest BCUT2D eigenvalue weighted by molar-refractivity contribution is -0.870. The van der Waals surface area contributed by atoms with E-state index < -0.39 is 26.5 Å². The third kappa shape index (κ3) is 50.2. The molecule has 0 fully saturated rings. The smallest absolute Gasteiger partial charge is 0.306 e. The number of unbranched alkanes of at least 4 members (excludes halogenated alkanes) is 35. The lowest BCUT2D eigenvalue weighted by Crippen LogP contribution is -2.37. The fourth-order valence-corrected chi connectivity index (χ4v) is 8.73. The number of quaternary nitrogens is 1. The van der Waals surface area contributed by atoms with Gasteiger partial charge in [-0.05, 0) is 38.5 Å². The summed E-state index contributed by atoms with van der Waals surface area (Å²) < 4.78 is 34.1. The molecular weight excluding hydrogens is 822 g/mol. The Kier molecular flexibility index (Phi) is 45.9. The number of esters is 2. The molecule has 0 saturated heterocycles. The van der Waals surface area contributed by atoms with Crippen LogP contribution in [0.25, 0.3) is 0 Å². The van der Waals surface area contributed by atoms with Crippen molar-refractivity contribution in [1.82, 2.24) is 0 Å². The first-order valence-corrected chi connectivity index (χ1v) is 28.9. The van der Waals surface area contributed by atoms with Gasteiger partial charge >= 0.3 is 11.9 Å². The monoisotopic (exact) mass is 928 g/mol. The van der Waals surface area contributed by atoms with E-state index in [2.05, 4.69) is 26.0 Å². The molecule has 0 spiro atoms. The zero-order chi connectivity index (χ0) is 47.1. The molecule has 10 heteroatoms. The number of allylic oxidation sites excluding steroid dienone is 2. The molecular formula is C54H106NO8P. The van der Waals surface area contributed by atoms with Crippen LogP contribution in [0.15, 0.2) is 12.2 Å². The average Bonchev–Trinajstić information content (AvgIpc) is 3.25. The highest BCUT2D eigenvalue weighted by atomic mass is 31.2. The van der Waals surface area contributed by atoms with Crippen molar-refractivity contribution >= 4 is 19.8 Å². The van der Waals surface area contributed by atoms with Gasteiger partial charge in [0.2, 0.25) is 0 Å². The van der Waals surface area contributed by atoms with Gasteiger partial charge in [0.25, 0.3) is 7.82 Å². The van der Waals surface area contributed by atoms with Gasteiger partial charge < -0.3 is 27.9 Å². The topological polar surface area (TPSA) is 111 Å². The van der Waals surface area contributed by atoms with E-state index in [1.807, 2.05) is 21.1 Å². The summed E-state index contributed by atoms with van der Waals surface area (Å²) in [4.78, 5) is 37.8. The molecule has 0 aromatic carbocycles. The van der Waals surface area contributed by atoms with E-state index in [0.29, 0.717) is 17.4 Å². The van der Waals surface area contributed by atoms with Gasteiger partial charge in [0, 0.05) is 12.8 Å². The number of carbonyl (C=O) groups is 2. The van der Waals surface area contributed by atoms with E-state index in [9.17, 15) is 19.0 Å². The second-order valence-corrected chi connectivity index (χ2v) is 21.4. The maximum absolute atomic E-state index is 12.7. The highest BCUT2D eigenvalue weighted by Gasteiger charge is 2.21. The van der Waals surface area contributed by atoms with Crippen molar-refractivity contribution in [3.05, 3.63) is 12.2 Å². The Bertz CT molecular complexity index is 1100. The molecule has 9 nitrogen and oxygen atoms in total. The van der Waals surface area contributed by atoms with Crippen molar-refractivity contribution in [3.63, 3.8) is 0 Å². The van der Waals surface area contributed by atoms with Crippen molar-refractivity contribution in [2.45, 2.75) is 277 Å². The van der Waals surface area contributed by atoms with Crippen LogP contribution in [0.5, 0.6) is 0 Å². The van der Waals surface area contributed by atoms with Crippen LogP contribution in [0.3, 0.4) is 0 Å². The summed E-state index contributed by atoms with van der Waals surface area (Å²) in [5.41, 5.74) is 0. The lowest BCUT2D eigenvalue weighted by Gasteiger charge is -2.28. The van der Waals surface area contributed by atoms with Crippen LogP contribution in [-0.2, 0) is 32.7 Å². The van der Waals surface area contributed by atoms with Gasteiger partial charge in [0.15, 0.2) is 6.10 Å². The molecule has 0 bridgehead atoms. The van der Waals surface area contributed by atoms with Crippen molar-refractivity contribution in [1.29, 1.82) is 0 Å². The van der Waals surface area contributed by atoms with E-state index in [0.717, 1.165) is 44.9 Å². The fraction of sp³-hybridized carbons (Fsp3) is 0.926. The van der Waals surface area contributed by atoms with Crippen LogP contribution in [0, 0.1) is 0 Å². The molecule has 0 aliphatic heterocycles. The largest absolute Gasteiger partial charge is 0.756 e. The van der Waals surface area contributed by atoms with Crippen molar-refractivity contribution in [2.75, 3.05) is 47.5 Å². The zero-order valence-electron chi connectivity index (χ0n) is 43.0. The maximum Gasteiger partial charge on any atom is 0.306 e. The van der Waals surface area contributed by atoms with E-state index >= 15 is 0 Å². The van der Waals surface area contributed by atoms with Gasteiger partial charge in [-0.3, -0.25) is 14.2 Å². The number of carbonyl (C=O) groups excluding carboxylic acids is 2. The molecule has 2 unspecified atom stereocenters. The molecule has 0 aliphatic rings. The predicted octanol–water partition coefficient (Wildman–Crippen LogP) is 15.8. The number of hydrogen-bond donors (Lipinski definition) is 0. The number of phosphoric acid groups is 1. The molecule has 0 aromatic heterocycles. The van der Waals surface area contributed by atoms with Crippen LogP contribution in [0.1, 0.15) is 271 Å². The van der Waals surface area contributed by atoms with Gasteiger partial charge in [-0.25, -0.2) is 0 Å². The Labute approximate surface area is 396 Å². The van der Waals surface area contributed by atoms with Gasteiger partial charge in [-0.1, -0.05) is 231 Å². The first kappa shape index (κ1) is 62.8. The Balaban J connectivity index is 4.15. The second kappa shape index (κ2) is 46.8. The Morgan fingerprint density at radius 2 is 0.797 bits per heavy atom. The normalized spacial score (nSPS) is 13.4. The van der Waals surface area contributed by atoms with Crippen molar-refractivity contribution in [2.24, 2.45) is 0 Å². The van der Waals surface area contributed by atoms with Gasteiger partial charge in [0.05, 0.1) is 27.7 Å². The third-order valence-corrected chi connectivity index (χ3v) is 13.2. The molecule has 64 heavy (non-hydrogen) atoms. The zero-order valence-corrected chi connectivity index (χ0v) is 43.9. The summed E-state index contributed by atoms with van der Waals surface area (Å²) >= 11 is 0. The third-order valence-electron chi connectivity index (χ3n) is 12.3. The molecule has 2 atom stereocenters. The summed E-state index contributed by atoms with van der Waals surface area (Å²) in [6, 6.07) is 0. The van der Waals surface area contributed by atoms with Crippen LogP contribution in [-0.4, -0.2) is 70.0 Å². The molecule has 0 aliphatic carbocycles. The van der Waals surface area contributed by atoms with Gasteiger partial charge in [0.1, 0.15) is 19.8 Å². The van der Waals surface area contributed by atoms with Crippen LogP contribution >= 0.6 is 7.82 Å². The molecule has 0 radical (unpaired) electrons. The Morgan fingerprint density at radius 1 is 0.469 bits per heavy atom. The molecule has 0 saturated carbocycles. The van der Waals surface area contributed by atoms with E-state index in [4.69, 9.17) is 18.5 Å². The molecule has 0 heterocycles. The average molecular weight is 928 g/mol. The maximum atomic E-state index is 12.7. The summed E-state index contributed by atoms with van der Waals surface area (Å²) in [6.07, 6.45) is 52.5. The number of nitrogens with zero attached hydrogens (tertiary/aromatic N) is 1. The molecule has 0 N–H and O–H groups in total. The Morgan fingerprint density at radius 3 is 1.16 bits per heavy atom. The lowest BCUT2D eigenvalue weighted by atomic mass is 10.0. The molecule has 380 valence electrons. The first-order valence-electron chi connectivity index (χ1n) is 27.4. The highest BCUT2D eigenvalue weighted by molar-refractivity contribution is 7.45. The highest BCUT2D eigenvalue weighted by Crippen LogP contribution is 2.38. The Hall–Kier alpha value is -1.25. The number of phosphoric ester groups is 1. The number of hydrogen-bond acceptors (Lipinski definition) is 8. The van der Waals surface area contributed by atoms with E-state index in [-0.39, 0.29) is 32.0 Å². The predicted molar refractivity (Wildman–Crippen MR) is 268 cm³/mol. The fourth-order valence-electron chi connectivity index (χ4n) is 8.01. The second-order valence-electron chi connectivity index (χ2n) is 20.0. The number of rotatable bonds is 51. The first-order chi connectivity index (χ1) is 31.0. The SMILES string of the molecule is CCCCCCCC/C=C\CCCCCCCCCC(=O)OC(COC(=O)CCCCCCCCCCCCCCCCCCCCCCCCC)COP(=O)([O-])OCC[N+](C)(C)C. The van der Waals surface area contributed by atoms with Crippen molar-refractivity contribution < 1.29 is 42.1 Å². The number of ether oxygens (including phenoxy) is 2. The standard InChI is InChI=1S/C54H106NO8P/c1-6-8-10-12-14-16-18-20-22-24-25-26-27-28-29-31-32-34-36-38-40-42-44-46-53(56)60-50-52(51-62-64(58,59)61-49-48-55(3,4)5)63-54(57)47-45-43-41-39-37-35-33-30-23-21-19-17-15-13-11-9-7-2/h21,23,52H,6-20,22,24-51H2,1-5H3/b23-21-. The summed E-state index contributed by atoms with van der Waals surface area (Å²) in [6.45, 7) is 4.28. The van der Waals surface area contributed by atoms with Crippen molar-refractivity contribution in [3.8, 4) is 0 Å². The van der Waals surface area contributed by atoms with E-state index in [1.165, 1.54) is 193 Å². The molecule has 0 amide bonds. The van der Waals surface area contributed by atoms with Crippen LogP contribution < -0.4 is 4.89 Å². The summed E-state index contributed by atoms with van der Waals surface area (Å²) in [5.74, 6) is -0.822. The van der Waals surface area contributed by atoms with Crippen LogP contribution in [0.2, 0.25) is 0 Å². The molecule has 0 aromatic rings. The minimum absolute atomic E-state index is 0.0281.